The molecule has 7 nitrogen and oxygen atoms in total. The van der Waals surface area contributed by atoms with Gasteiger partial charge in [-0.05, 0) is 96.5 Å². The molecule has 1 aliphatic rings. The summed E-state index contributed by atoms with van der Waals surface area (Å²) in [4.78, 5) is 22.4. The summed E-state index contributed by atoms with van der Waals surface area (Å²) in [6.45, 7) is 14.9. The first-order valence-electron chi connectivity index (χ1n) is 18.3. The van der Waals surface area contributed by atoms with Crippen LogP contribution in [-0.4, -0.2) is 46.9 Å². The Hall–Kier alpha value is -4.82. The molecule has 0 unspecified atom stereocenters. The summed E-state index contributed by atoms with van der Waals surface area (Å²) in [5.41, 5.74) is 7.89. The minimum Gasteiger partial charge on any atom is -0.489 e. The number of hydrogen-bond donors (Lipinski definition) is 0. The number of pyridine rings is 1. The SMILES string of the molecule is CC(C(=O)N1CCN(Cc2ccc(COc3ccc(C(C)C)cc3)cc2)CC1)=C(C)c1cc(C)c(Oc2ccc(OCc3ccccc3Cl)cn2)c(Cl)c1. The van der Waals surface area contributed by atoms with Crippen molar-refractivity contribution in [3.8, 4) is 23.1 Å². The first-order valence-corrected chi connectivity index (χ1v) is 19.1. The number of aromatic nitrogens is 1. The Morgan fingerprint density at radius 2 is 1.44 bits per heavy atom. The van der Waals surface area contributed by atoms with Crippen molar-refractivity contribution in [2.45, 2.75) is 60.3 Å². The summed E-state index contributed by atoms with van der Waals surface area (Å²) >= 11 is 13.0. The standard InChI is InChI=1S/C45H47Cl2N3O4/c1-30(2)36-14-16-39(17-15-36)52-28-35-12-10-34(11-13-35)27-49-20-22-50(23-21-49)45(51)33(5)32(4)38-24-31(3)44(42(47)25-38)54-43-19-18-40(26-48-43)53-29-37-8-6-7-9-41(37)46/h6-19,24-26,30H,20-23,27-29H2,1-5H3. The van der Waals surface area contributed by atoms with Gasteiger partial charge in [-0.25, -0.2) is 4.98 Å². The molecule has 2 heterocycles. The number of rotatable bonds is 13. The van der Waals surface area contributed by atoms with Crippen molar-refractivity contribution >= 4 is 34.7 Å². The van der Waals surface area contributed by atoms with Crippen molar-refractivity contribution in [1.29, 1.82) is 0 Å². The number of nitrogens with zero attached hydrogens (tertiary/aromatic N) is 3. The fourth-order valence-corrected chi connectivity index (χ4v) is 6.80. The van der Waals surface area contributed by atoms with Crippen molar-refractivity contribution in [2.75, 3.05) is 26.2 Å². The van der Waals surface area contributed by atoms with Crippen LogP contribution in [0.15, 0.2) is 109 Å². The van der Waals surface area contributed by atoms with E-state index in [1.54, 1.807) is 18.3 Å². The number of carbonyl (C=O) groups is 1. The molecule has 0 saturated carbocycles. The predicted octanol–water partition coefficient (Wildman–Crippen LogP) is 10.9. The van der Waals surface area contributed by atoms with Crippen LogP contribution in [0.4, 0.5) is 0 Å². The quantitative estimate of drug-likeness (QED) is 0.111. The average Bonchev–Trinajstić information content (AvgIpc) is 3.18. The lowest BCUT2D eigenvalue weighted by molar-refractivity contribution is -0.128. The molecule has 0 radical (unpaired) electrons. The second-order valence-electron chi connectivity index (χ2n) is 14.1. The number of amides is 1. The molecule has 1 aliphatic heterocycles. The molecule has 1 saturated heterocycles. The van der Waals surface area contributed by atoms with E-state index in [9.17, 15) is 4.79 Å². The van der Waals surface area contributed by atoms with Gasteiger partial charge in [0.25, 0.3) is 0 Å². The lowest BCUT2D eigenvalue weighted by atomic mass is 9.99. The fraction of sp³-hybridized carbons (Fsp3) is 0.289. The van der Waals surface area contributed by atoms with Crippen LogP contribution in [0.1, 0.15) is 67.0 Å². The monoisotopic (exact) mass is 763 g/mol. The van der Waals surface area contributed by atoms with Gasteiger partial charge in [0.1, 0.15) is 24.7 Å². The number of carbonyl (C=O) groups excluding carboxylic acids is 1. The van der Waals surface area contributed by atoms with Gasteiger partial charge in [-0.2, -0.15) is 0 Å². The zero-order valence-corrected chi connectivity index (χ0v) is 33.1. The van der Waals surface area contributed by atoms with E-state index >= 15 is 0 Å². The van der Waals surface area contributed by atoms with Gasteiger partial charge in [0.05, 0.1) is 11.2 Å². The van der Waals surface area contributed by atoms with Gasteiger partial charge >= 0.3 is 0 Å². The molecule has 0 atom stereocenters. The van der Waals surface area contributed by atoms with Crippen molar-refractivity contribution in [3.63, 3.8) is 0 Å². The van der Waals surface area contributed by atoms with Crippen LogP contribution < -0.4 is 14.2 Å². The third-order valence-corrected chi connectivity index (χ3v) is 10.5. The number of ether oxygens (including phenoxy) is 3. The van der Waals surface area contributed by atoms with Gasteiger partial charge in [0, 0.05) is 54.9 Å². The van der Waals surface area contributed by atoms with Crippen molar-refractivity contribution in [2.24, 2.45) is 0 Å². The van der Waals surface area contributed by atoms with E-state index in [0.29, 0.717) is 65.2 Å². The first kappa shape index (κ1) is 38.9. The summed E-state index contributed by atoms with van der Waals surface area (Å²) in [6, 6.07) is 31.9. The van der Waals surface area contributed by atoms with Crippen LogP contribution in [0.5, 0.6) is 23.1 Å². The Balaban J connectivity index is 0.987. The zero-order chi connectivity index (χ0) is 38.2. The van der Waals surface area contributed by atoms with Crippen LogP contribution in [0.25, 0.3) is 5.57 Å². The molecule has 1 aromatic heterocycles. The summed E-state index contributed by atoms with van der Waals surface area (Å²) in [5, 5.41) is 1.10. The third kappa shape index (κ3) is 10.0. The summed E-state index contributed by atoms with van der Waals surface area (Å²) in [7, 11) is 0. The van der Waals surface area contributed by atoms with Crippen LogP contribution >= 0.6 is 23.2 Å². The Kier molecular flexibility index (Phi) is 13.0. The first-order chi connectivity index (χ1) is 26.0. The van der Waals surface area contributed by atoms with Crippen molar-refractivity contribution < 1.29 is 19.0 Å². The Morgan fingerprint density at radius 3 is 2.09 bits per heavy atom. The van der Waals surface area contributed by atoms with Gasteiger partial charge in [-0.15, -0.1) is 0 Å². The van der Waals surface area contributed by atoms with E-state index in [1.165, 1.54) is 11.1 Å². The molecule has 1 amide bonds. The summed E-state index contributed by atoms with van der Waals surface area (Å²) in [6.07, 6.45) is 1.61. The molecule has 280 valence electrons. The molecule has 1 fully saturated rings. The zero-order valence-electron chi connectivity index (χ0n) is 31.6. The molecule has 0 N–H and O–H groups in total. The molecule has 0 bridgehead atoms. The highest BCUT2D eigenvalue weighted by molar-refractivity contribution is 6.32. The highest BCUT2D eigenvalue weighted by atomic mass is 35.5. The van der Waals surface area contributed by atoms with Crippen LogP contribution in [0.3, 0.4) is 0 Å². The van der Waals surface area contributed by atoms with Gasteiger partial charge in [0.2, 0.25) is 11.8 Å². The number of benzene rings is 4. The van der Waals surface area contributed by atoms with Crippen LogP contribution in [-0.2, 0) is 24.6 Å². The smallest absolute Gasteiger partial charge is 0.249 e. The molecular weight excluding hydrogens is 717 g/mol. The van der Waals surface area contributed by atoms with E-state index in [-0.39, 0.29) is 5.91 Å². The van der Waals surface area contributed by atoms with Crippen LogP contribution in [0.2, 0.25) is 10.0 Å². The molecule has 54 heavy (non-hydrogen) atoms. The fourth-order valence-electron chi connectivity index (χ4n) is 6.31. The van der Waals surface area contributed by atoms with E-state index < -0.39 is 0 Å². The Bertz CT molecular complexity index is 2050. The van der Waals surface area contributed by atoms with Gasteiger partial charge in [-0.1, -0.05) is 91.6 Å². The van der Waals surface area contributed by atoms with Crippen molar-refractivity contribution in [1.82, 2.24) is 14.8 Å². The highest BCUT2D eigenvalue weighted by Gasteiger charge is 2.24. The highest BCUT2D eigenvalue weighted by Crippen LogP contribution is 2.36. The molecule has 0 spiro atoms. The minimum atomic E-state index is 0.0468. The van der Waals surface area contributed by atoms with Gasteiger partial charge in [0.15, 0.2) is 5.75 Å². The number of halogens is 2. The van der Waals surface area contributed by atoms with E-state index in [2.05, 4.69) is 60.1 Å². The largest absolute Gasteiger partial charge is 0.489 e. The molecular formula is C45H47Cl2N3O4. The lowest BCUT2D eigenvalue weighted by Crippen LogP contribution is -2.48. The second-order valence-corrected chi connectivity index (χ2v) is 14.9. The summed E-state index contributed by atoms with van der Waals surface area (Å²) in [5.74, 6) is 2.93. The van der Waals surface area contributed by atoms with E-state index in [0.717, 1.165) is 53.2 Å². The normalized spacial score (nSPS) is 13.8. The minimum absolute atomic E-state index is 0.0468. The Morgan fingerprint density at radius 1 is 0.778 bits per heavy atom. The molecule has 6 rings (SSSR count). The number of allylic oxidation sites excluding steroid dienone is 1. The van der Waals surface area contributed by atoms with E-state index in [1.807, 2.05) is 74.2 Å². The maximum absolute atomic E-state index is 13.6. The average molecular weight is 765 g/mol. The van der Waals surface area contributed by atoms with Crippen LogP contribution in [0, 0.1) is 6.92 Å². The van der Waals surface area contributed by atoms with E-state index in [4.69, 9.17) is 37.4 Å². The topological polar surface area (TPSA) is 64.1 Å². The molecule has 9 heteroatoms. The molecule has 4 aromatic carbocycles. The maximum atomic E-state index is 13.6. The third-order valence-electron chi connectivity index (χ3n) is 9.85. The number of aryl methyl sites for hydroxylation is 1. The second kappa shape index (κ2) is 18.0. The number of hydrogen-bond acceptors (Lipinski definition) is 6. The predicted molar refractivity (Wildman–Crippen MR) is 218 cm³/mol. The Labute approximate surface area is 329 Å². The molecule has 5 aromatic rings. The number of piperazine rings is 1. The maximum Gasteiger partial charge on any atom is 0.249 e. The van der Waals surface area contributed by atoms with Gasteiger partial charge in [-0.3, -0.25) is 9.69 Å². The molecule has 0 aliphatic carbocycles. The lowest BCUT2D eigenvalue weighted by Gasteiger charge is -2.35. The van der Waals surface area contributed by atoms with Gasteiger partial charge < -0.3 is 19.1 Å². The summed E-state index contributed by atoms with van der Waals surface area (Å²) < 4.78 is 17.9. The van der Waals surface area contributed by atoms with Crippen molar-refractivity contribution in [3.05, 3.63) is 152 Å².